The molecule has 0 aromatic heterocycles. The number of carbonyl (C=O) groups is 2. The molecule has 2 N–H and O–H groups in total. The van der Waals surface area contributed by atoms with Crippen molar-refractivity contribution in [3.05, 3.63) is 119 Å². The van der Waals surface area contributed by atoms with E-state index >= 15 is 8.78 Å². The Morgan fingerprint density at radius 2 is 0.902 bits per heavy atom. The lowest BCUT2D eigenvalue weighted by atomic mass is 9.98. The predicted octanol–water partition coefficient (Wildman–Crippen LogP) is 10.4. The molecule has 6 nitrogen and oxygen atoms in total. The average Bonchev–Trinajstić information content (AvgIpc) is 3.45. The van der Waals surface area contributed by atoms with Crippen molar-refractivity contribution >= 4 is 69.6 Å². The first-order valence-electron chi connectivity index (χ1n) is 14.2. The van der Waals surface area contributed by atoms with Crippen LogP contribution in [-0.4, -0.2) is 39.6 Å². The van der Waals surface area contributed by atoms with Gasteiger partial charge in [-0.25, -0.2) is 17.6 Å². The molecule has 51 heavy (non-hydrogen) atoms. The molecule has 0 radical (unpaired) electrons. The zero-order chi connectivity index (χ0) is 37.6. The number of amides is 2. The van der Waals surface area contributed by atoms with E-state index in [-0.39, 0.29) is 22.5 Å². The normalized spacial score (nSPS) is 20.9. The van der Waals surface area contributed by atoms with Crippen molar-refractivity contribution in [2.75, 3.05) is 10.6 Å². The first-order chi connectivity index (χ1) is 23.8. The molecular weight excluding hydrogens is 782 g/mol. The van der Waals surface area contributed by atoms with Gasteiger partial charge in [0.05, 0.1) is 11.4 Å². The second-order valence-electron chi connectivity index (χ2n) is 10.9. The van der Waals surface area contributed by atoms with Gasteiger partial charge in [0, 0.05) is 11.1 Å². The molecule has 18 heteroatoms. The Kier molecular flexibility index (Phi) is 10.4. The summed E-state index contributed by atoms with van der Waals surface area (Å²) in [6, 6.07) is 18.1. The lowest BCUT2D eigenvalue weighted by Crippen LogP contribution is -2.33. The van der Waals surface area contributed by atoms with Crippen LogP contribution in [0.3, 0.4) is 0 Å². The Bertz CT molecular complexity index is 1800. The number of para-hydroxylation sites is 4. The second-order valence-corrected chi connectivity index (χ2v) is 13.0. The number of hydrogen-bond acceptors (Lipinski definition) is 4. The zero-order valence-electron chi connectivity index (χ0n) is 25.1. The monoisotopic (exact) mass is 800 g/mol. The average molecular weight is 802 g/mol. The maximum atomic E-state index is 16.4. The van der Waals surface area contributed by atoms with E-state index in [4.69, 9.17) is 46.4 Å². The highest BCUT2D eigenvalue weighted by molar-refractivity contribution is 6.53. The van der Waals surface area contributed by atoms with Gasteiger partial charge in [-0.2, -0.15) is 17.6 Å². The van der Waals surface area contributed by atoms with Crippen LogP contribution in [0, 0.1) is 0 Å². The maximum absolute atomic E-state index is 16.4. The van der Waals surface area contributed by atoms with Crippen molar-refractivity contribution < 1.29 is 54.2 Å². The Balaban J connectivity index is 1.31. The molecule has 1 aliphatic rings. The lowest BCUT2D eigenvalue weighted by Gasteiger charge is -2.20. The van der Waals surface area contributed by atoms with Crippen molar-refractivity contribution in [2.45, 2.75) is 39.1 Å². The Hall–Kier alpha value is -3.98. The van der Waals surface area contributed by atoms with E-state index in [1.54, 1.807) is 0 Å². The summed E-state index contributed by atoms with van der Waals surface area (Å²) in [7, 11) is 0. The van der Waals surface area contributed by atoms with Crippen LogP contribution in [0.4, 0.5) is 46.5 Å². The Morgan fingerprint density at radius 1 is 0.588 bits per heavy atom. The standard InChI is InChI=1S/C33H20Cl4F8N2O4/c34-27(38)31(42,43)50-23-7-3-1-5-21(23)46-25(48)17-9-13-19(14-10-17)29(40)30(41,33(29,36)37)20-15-11-18(12-16-20)26(49)47-22-6-2-4-8-24(22)51-32(44,45)28(35)39/h1-16,27-28H,(H,46,48)(H,47,49). The van der Waals surface area contributed by atoms with E-state index in [1.165, 1.54) is 36.4 Å². The number of halogens is 12. The van der Waals surface area contributed by atoms with Crippen LogP contribution in [0.2, 0.25) is 0 Å². The number of ether oxygens (including phenoxy) is 2. The molecule has 270 valence electrons. The summed E-state index contributed by atoms with van der Waals surface area (Å²) >= 11 is 22.0. The van der Waals surface area contributed by atoms with Gasteiger partial charge in [-0.1, -0.05) is 94.9 Å². The van der Waals surface area contributed by atoms with Crippen LogP contribution in [0.15, 0.2) is 97.1 Å². The van der Waals surface area contributed by atoms with Crippen molar-refractivity contribution in [2.24, 2.45) is 0 Å². The molecule has 0 heterocycles. The Labute approximate surface area is 303 Å². The number of nitrogens with one attached hydrogen (secondary N) is 2. The topological polar surface area (TPSA) is 76.7 Å². The molecule has 1 saturated carbocycles. The van der Waals surface area contributed by atoms with Gasteiger partial charge in [0.15, 0.2) is 0 Å². The molecule has 2 amide bonds. The lowest BCUT2D eigenvalue weighted by molar-refractivity contribution is -0.199. The van der Waals surface area contributed by atoms with Crippen LogP contribution >= 0.6 is 46.4 Å². The van der Waals surface area contributed by atoms with Gasteiger partial charge < -0.3 is 20.1 Å². The highest BCUT2D eigenvalue weighted by atomic mass is 35.5. The molecule has 0 bridgehead atoms. The summed E-state index contributed by atoms with van der Waals surface area (Å²) in [6.45, 7) is 0. The first-order valence-corrected chi connectivity index (χ1v) is 15.9. The number of carbonyl (C=O) groups excluding carboxylic acids is 2. The molecule has 0 saturated heterocycles. The van der Waals surface area contributed by atoms with Crippen molar-refractivity contribution in [3.63, 3.8) is 0 Å². The molecule has 1 aliphatic carbocycles. The van der Waals surface area contributed by atoms with E-state index in [0.717, 1.165) is 60.7 Å². The van der Waals surface area contributed by atoms with Crippen molar-refractivity contribution in [3.8, 4) is 11.5 Å². The number of anilines is 2. The minimum absolute atomic E-state index is 0.150. The summed E-state index contributed by atoms with van der Waals surface area (Å²) in [5.74, 6) is -3.02. The van der Waals surface area contributed by atoms with Crippen LogP contribution in [-0.2, 0) is 11.3 Å². The highest BCUT2D eigenvalue weighted by Gasteiger charge is 2.92. The molecule has 0 aliphatic heterocycles. The van der Waals surface area contributed by atoms with Gasteiger partial charge in [-0.05, 0) is 59.7 Å². The molecule has 4 aromatic carbocycles. The van der Waals surface area contributed by atoms with Crippen molar-refractivity contribution in [1.82, 2.24) is 0 Å². The Morgan fingerprint density at radius 3 is 1.22 bits per heavy atom. The molecule has 4 atom stereocenters. The predicted molar refractivity (Wildman–Crippen MR) is 174 cm³/mol. The largest absolute Gasteiger partial charge is 0.444 e. The third kappa shape index (κ3) is 6.98. The second kappa shape index (κ2) is 13.9. The number of hydrogen-bond donors (Lipinski definition) is 2. The summed E-state index contributed by atoms with van der Waals surface area (Å²) in [6.07, 6.45) is -8.86. The van der Waals surface area contributed by atoms with Crippen LogP contribution in [0.5, 0.6) is 11.5 Å². The molecule has 4 aromatic rings. The van der Waals surface area contributed by atoms with E-state index < -0.39 is 73.6 Å². The van der Waals surface area contributed by atoms with E-state index in [1.807, 2.05) is 0 Å². The zero-order valence-corrected chi connectivity index (χ0v) is 28.1. The summed E-state index contributed by atoms with van der Waals surface area (Å²) in [5.41, 5.74) is -14.2. The van der Waals surface area contributed by atoms with Crippen LogP contribution in [0.1, 0.15) is 31.8 Å². The molecule has 1 fully saturated rings. The summed E-state index contributed by atoms with van der Waals surface area (Å²) in [5, 5.41) is 4.58. The van der Waals surface area contributed by atoms with Crippen molar-refractivity contribution in [1.29, 1.82) is 0 Å². The fraction of sp³-hybridized carbons (Fsp3) is 0.212. The number of alkyl halides is 12. The molecule has 0 spiro atoms. The van der Waals surface area contributed by atoms with E-state index in [9.17, 15) is 35.9 Å². The first kappa shape index (κ1) is 38.3. The van der Waals surface area contributed by atoms with Gasteiger partial charge in [0.2, 0.25) is 15.7 Å². The van der Waals surface area contributed by atoms with Gasteiger partial charge in [-0.15, -0.1) is 0 Å². The smallest absolute Gasteiger partial charge is 0.427 e. The molecular formula is C33H20Cl4F8N2O4. The fourth-order valence-electron chi connectivity index (χ4n) is 4.97. The van der Waals surface area contributed by atoms with Crippen LogP contribution < -0.4 is 20.1 Å². The summed E-state index contributed by atoms with van der Waals surface area (Å²) < 4.78 is 120. The fourth-order valence-corrected chi connectivity index (χ4v) is 5.92. The third-order valence-electron chi connectivity index (χ3n) is 7.64. The number of benzene rings is 4. The minimum atomic E-state index is -4.43. The van der Waals surface area contributed by atoms with Gasteiger partial charge >= 0.3 is 12.2 Å². The van der Waals surface area contributed by atoms with E-state index in [0.29, 0.717) is 0 Å². The molecule has 5 rings (SSSR count). The van der Waals surface area contributed by atoms with Gasteiger partial charge in [0.1, 0.15) is 11.5 Å². The SMILES string of the molecule is O=C(Nc1ccccc1OC(F)(F)C(F)Cl)c1ccc(C2(F)C(Cl)(Cl)C2(F)c2ccc(C(=O)Nc3ccccc3OC(F)(F)C(F)Cl)cc2)cc1. The quantitative estimate of drug-likeness (QED) is 0.111. The van der Waals surface area contributed by atoms with E-state index in [2.05, 4.69) is 20.1 Å². The highest BCUT2D eigenvalue weighted by Crippen LogP contribution is 2.80. The van der Waals surface area contributed by atoms with Crippen LogP contribution in [0.25, 0.3) is 0 Å². The maximum Gasteiger partial charge on any atom is 0.444 e. The molecule has 4 unspecified atom stereocenters. The number of rotatable bonds is 12. The van der Waals surface area contributed by atoms with Gasteiger partial charge in [-0.3, -0.25) is 9.59 Å². The minimum Gasteiger partial charge on any atom is -0.427 e. The third-order valence-corrected chi connectivity index (χ3v) is 9.19. The summed E-state index contributed by atoms with van der Waals surface area (Å²) in [4.78, 5) is 25.7. The van der Waals surface area contributed by atoms with Gasteiger partial charge in [0.25, 0.3) is 23.1 Å².